The van der Waals surface area contributed by atoms with Crippen LogP contribution in [0.5, 0.6) is 0 Å². The van der Waals surface area contributed by atoms with Crippen molar-refractivity contribution < 1.29 is 9.72 Å². The van der Waals surface area contributed by atoms with Gasteiger partial charge in [0.2, 0.25) is 0 Å². The summed E-state index contributed by atoms with van der Waals surface area (Å²) in [6.45, 7) is 2.60. The van der Waals surface area contributed by atoms with Gasteiger partial charge in [0.15, 0.2) is 0 Å². The lowest BCUT2D eigenvalue weighted by Crippen LogP contribution is -2.47. The molecule has 1 heterocycles. The van der Waals surface area contributed by atoms with Crippen LogP contribution in [0.3, 0.4) is 0 Å². The molecule has 0 aliphatic carbocycles. The Morgan fingerprint density at radius 3 is 2.77 bits per heavy atom. The summed E-state index contributed by atoms with van der Waals surface area (Å²) in [5.74, 6) is -0.306. The third-order valence-electron chi connectivity index (χ3n) is 4.58. The Morgan fingerprint density at radius 1 is 1.27 bits per heavy atom. The van der Waals surface area contributed by atoms with E-state index in [0.717, 1.165) is 32.5 Å². The maximum Gasteiger partial charge on any atom is 0.292 e. The van der Waals surface area contributed by atoms with E-state index >= 15 is 0 Å². The van der Waals surface area contributed by atoms with E-state index in [1.54, 1.807) is 0 Å². The van der Waals surface area contributed by atoms with Gasteiger partial charge in [-0.1, -0.05) is 30.3 Å². The molecule has 1 aliphatic rings. The molecule has 2 aromatic rings. The molecule has 0 aromatic heterocycles. The number of benzene rings is 2. The second kappa shape index (κ2) is 7.97. The lowest BCUT2D eigenvalue weighted by molar-refractivity contribution is -0.383. The summed E-state index contributed by atoms with van der Waals surface area (Å²) in [7, 11) is 0. The van der Waals surface area contributed by atoms with Crippen LogP contribution < -0.4 is 11.1 Å². The SMILES string of the molecule is Nc1ccc(C(=O)NC2CCCN(Cc3ccccc3)C2)cc1[N+](=O)[O-]. The molecule has 0 radical (unpaired) electrons. The van der Waals surface area contributed by atoms with Crippen molar-refractivity contribution in [2.45, 2.75) is 25.4 Å². The van der Waals surface area contributed by atoms with Crippen LogP contribution in [0.15, 0.2) is 48.5 Å². The first-order chi connectivity index (χ1) is 12.5. The number of amides is 1. The van der Waals surface area contributed by atoms with Crippen molar-refractivity contribution in [2.24, 2.45) is 0 Å². The van der Waals surface area contributed by atoms with Gasteiger partial charge in [0.1, 0.15) is 5.69 Å². The van der Waals surface area contributed by atoms with Crippen LogP contribution >= 0.6 is 0 Å². The molecule has 0 saturated carbocycles. The minimum absolute atomic E-state index is 0.0246. The molecule has 1 aliphatic heterocycles. The highest BCUT2D eigenvalue weighted by molar-refractivity contribution is 5.95. The van der Waals surface area contributed by atoms with Crippen molar-refractivity contribution >= 4 is 17.3 Å². The van der Waals surface area contributed by atoms with Gasteiger partial charge in [0.25, 0.3) is 11.6 Å². The Morgan fingerprint density at radius 2 is 2.04 bits per heavy atom. The summed E-state index contributed by atoms with van der Waals surface area (Å²) in [4.78, 5) is 25.2. The predicted molar refractivity (Wildman–Crippen MR) is 99.7 cm³/mol. The maximum absolute atomic E-state index is 12.5. The number of carbonyl (C=O) groups is 1. The maximum atomic E-state index is 12.5. The lowest BCUT2D eigenvalue weighted by atomic mass is 10.0. The van der Waals surface area contributed by atoms with Crippen molar-refractivity contribution in [2.75, 3.05) is 18.8 Å². The third-order valence-corrected chi connectivity index (χ3v) is 4.58. The number of nitrogens with one attached hydrogen (secondary N) is 1. The molecule has 0 bridgehead atoms. The van der Waals surface area contributed by atoms with Crippen molar-refractivity contribution in [1.82, 2.24) is 10.2 Å². The van der Waals surface area contributed by atoms with Crippen molar-refractivity contribution in [3.63, 3.8) is 0 Å². The average molecular weight is 354 g/mol. The number of hydrogen-bond donors (Lipinski definition) is 2. The number of nitro benzene ring substituents is 1. The number of anilines is 1. The first kappa shape index (κ1) is 17.9. The minimum Gasteiger partial charge on any atom is -0.393 e. The topological polar surface area (TPSA) is 102 Å². The van der Waals surface area contributed by atoms with E-state index in [2.05, 4.69) is 22.3 Å². The molecule has 7 nitrogen and oxygen atoms in total. The van der Waals surface area contributed by atoms with Crippen LogP contribution in [0, 0.1) is 10.1 Å². The average Bonchev–Trinajstić information content (AvgIpc) is 2.63. The number of nitrogens with two attached hydrogens (primary N) is 1. The van der Waals surface area contributed by atoms with Crippen LogP contribution in [0.2, 0.25) is 0 Å². The molecule has 1 unspecified atom stereocenters. The molecule has 136 valence electrons. The zero-order valence-corrected chi connectivity index (χ0v) is 14.4. The van der Waals surface area contributed by atoms with Crippen LogP contribution in [0.1, 0.15) is 28.8 Å². The molecule has 26 heavy (non-hydrogen) atoms. The molecule has 1 amide bonds. The van der Waals surface area contributed by atoms with Gasteiger partial charge in [-0.2, -0.15) is 0 Å². The largest absolute Gasteiger partial charge is 0.393 e. The summed E-state index contributed by atoms with van der Waals surface area (Å²) >= 11 is 0. The molecular weight excluding hydrogens is 332 g/mol. The highest BCUT2D eigenvalue weighted by Gasteiger charge is 2.23. The van der Waals surface area contributed by atoms with Crippen molar-refractivity contribution in [3.8, 4) is 0 Å². The molecular formula is C19H22N4O3. The Labute approximate surface area is 152 Å². The Hall–Kier alpha value is -2.93. The lowest BCUT2D eigenvalue weighted by Gasteiger charge is -2.33. The third kappa shape index (κ3) is 4.37. The highest BCUT2D eigenvalue weighted by Crippen LogP contribution is 2.22. The molecule has 1 fully saturated rings. The number of carbonyl (C=O) groups excluding carboxylic acids is 1. The summed E-state index contributed by atoms with van der Waals surface area (Å²) in [5.41, 5.74) is 6.90. The molecule has 1 saturated heterocycles. The fraction of sp³-hybridized carbons (Fsp3) is 0.316. The van der Waals surface area contributed by atoms with Crippen molar-refractivity contribution in [3.05, 3.63) is 69.8 Å². The number of nitrogens with zero attached hydrogens (tertiary/aromatic N) is 2. The fourth-order valence-corrected chi connectivity index (χ4v) is 3.27. The van der Waals surface area contributed by atoms with Crippen LogP contribution in [-0.2, 0) is 6.54 Å². The first-order valence-electron chi connectivity index (χ1n) is 8.64. The number of rotatable bonds is 5. The van der Waals surface area contributed by atoms with Gasteiger partial charge in [-0.05, 0) is 37.1 Å². The Balaban J connectivity index is 1.62. The minimum atomic E-state index is -0.575. The first-order valence-corrected chi connectivity index (χ1v) is 8.64. The normalized spacial score (nSPS) is 17.6. The number of nitro groups is 1. The molecule has 3 N–H and O–H groups in total. The summed E-state index contributed by atoms with van der Waals surface area (Å²) in [6, 6.07) is 14.4. The second-order valence-electron chi connectivity index (χ2n) is 6.56. The van der Waals surface area contributed by atoms with E-state index in [4.69, 9.17) is 5.73 Å². The van der Waals surface area contributed by atoms with Gasteiger partial charge in [0, 0.05) is 30.8 Å². The van der Waals surface area contributed by atoms with Crippen LogP contribution in [-0.4, -0.2) is 34.9 Å². The molecule has 2 aromatic carbocycles. The standard InChI is InChI=1S/C19H22N4O3/c20-17-9-8-15(11-18(17)23(25)26)19(24)21-16-7-4-10-22(13-16)12-14-5-2-1-3-6-14/h1-3,5-6,8-9,11,16H,4,7,10,12-13,20H2,(H,21,24). The Bertz CT molecular complexity index is 795. The second-order valence-corrected chi connectivity index (χ2v) is 6.56. The highest BCUT2D eigenvalue weighted by atomic mass is 16.6. The van der Waals surface area contributed by atoms with E-state index in [1.165, 1.54) is 23.8 Å². The molecule has 1 atom stereocenters. The van der Waals surface area contributed by atoms with Gasteiger partial charge in [0.05, 0.1) is 4.92 Å². The zero-order valence-electron chi connectivity index (χ0n) is 14.4. The monoisotopic (exact) mass is 354 g/mol. The van der Waals surface area contributed by atoms with Gasteiger partial charge in [-0.25, -0.2) is 0 Å². The quantitative estimate of drug-likeness (QED) is 0.488. The van der Waals surface area contributed by atoms with E-state index in [-0.39, 0.29) is 28.9 Å². The smallest absolute Gasteiger partial charge is 0.292 e. The summed E-state index contributed by atoms with van der Waals surface area (Å²) < 4.78 is 0. The van der Waals surface area contributed by atoms with Crippen molar-refractivity contribution in [1.29, 1.82) is 0 Å². The fourth-order valence-electron chi connectivity index (χ4n) is 3.27. The van der Waals surface area contributed by atoms with E-state index in [9.17, 15) is 14.9 Å². The van der Waals surface area contributed by atoms with Gasteiger partial charge in [-0.3, -0.25) is 19.8 Å². The number of piperidine rings is 1. The molecule has 7 heteroatoms. The molecule has 0 spiro atoms. The number of hydrogen-bond acceptors (Lipinski definition) is 5. The van der Waals surface area contributed by atoms with E-state index in [1.807, 2.05) is 18.2 Å². The summed E-state index contributed by atoms with van der Waals surface area (Å²) in [5, 5.41) is 14.0. The zero-order chi connectivity index (χ0) is 18.5. The molecule has 3 rings (SSSR count). The van der Waals surface area contributed by atoms with E-state index < -0.39 is 4.92 Å². The van der Waals surface area contributed by atoms with E-state index in [0.29, 0.717) is 0 Å². The Kier molecular flexibility index (Phi) is 5.48. The van der Waals surface area contributed by atoms with Gasteiger partial charge >= 0.3 is 0 Å². The summed E-state index contributed by atoms with van der Waals surface area (Å²) in [6.07, 6.45) is 1.90. The van der Waals surface area contributed by atoms with Crippen LogP contribution in [0.4, 0.5) is 11.4 Å². The number of nitrogen functional groups attached to an aromatic ring is 1. The van der Waals surface area contributed by atoms with Crippen LogP contribution in [0.25, 0.3) is 0 Å². The predicted octanol–water partition coefficient (Wildman–Crippen LogP) is 2.57. The van der Waals surface area contributed by atoms with Gasteiger partial charge in [-0.15, -0.1) is 0 Å². The number of likely N-dealkylation sites (tertiary alicyclic amines) is 1. The van der Waals surface area contributed by atoms with Gasteiger partial charge < -0.3 is 11.1 Å².